The summed E-state index contributed by atoms with van der Waals surface area (Å²) in [6.07, 6.45) is 11.0. The van der Waals surface area contributed by atoms with E-state index in [0.717, 1.165) is 11.8 Å². The zero-order valence-electron chi connectivity index (χ0n) is 11.5. The van der Waals surface area contributed by atoms with Crippen LogP contribution in [0.3, 0.4) is 0 Å². The third-order valence-electron chi connectivity index (χ3n) is 4.76. The Balaban J connectivity index is 1.77. The summed E-state index contributed by atoms with van der Waals surface area (Å²) in [5, 5.41) is 0. The molecule has 2 nitrogen and oxygen atoms in total. The van der Waals surface area contributed by atoms with E-state index in [9.17, 15) is 0 Å². The lowest BCUT2D eigenvalue weighted by molar-refractivity contribution is 0.125. The Morgan fingerprint density at radius 3 is 2.71 bits per heavy atom. The first-order valence-electron chi connectivity index (χ1n) is 7.77. The van der Waals surface area contributed by atoms with Crippen LogP contribution in [0.4, 0.5) is 0 Å². The van der Waals surface area contributed by atoms with E-state index in [1.807, 2.05) is 0 Å². The van der Waals surface area contributed by atoms with Crippen LogP contribution < -0.4 is 5.73 Å². The standard InChI is InChI=1S/C15H30N2/c1-2-6-13-7-5-10-17(11-13)12-14-8-3-4-9-15(14)16/h13-15H,2-12,16H2,1H3/t13?,14-,15+/m0/s1. The van der Waals surface area contributed by atoms with Crippen molar-refractivity contribution in [2.24, 2.45) is 17.6 Å². The number of nitrogens with zero attached hydrogens (tertiary/aromatic N) is 1. The van der Waals surface area contributed by atoms with Crippen molar-refractivity contribution >= 4 is 0 Å². The molecule has 0 spiro atoms. The minimum Gasteiger partial charge on any atom is -0.327 e. The van der Waals surface area contributed by atoms with Crippen LogP contribution in [0.1, 0.15) is 58.3 Å². The number of piperidine rings is 1. The maximum absolute atomic E-state index is 6.26. The van der Waals surface area contributed by atoms with E-state index < -0.39 is 0 Å². The largest absolute Gasteiger partial charge is 0.327 e. The van der Waals surface area contributed by atoms with E-state index in [1.165, 1.54) is 71.0 Å². The minimum absolute atomic E-state index is 0.482. The summed E-state index contributed by atoms with van der Waals surface area (Å²) in [6.45, 7) is 6.26. The summed E-state index contributed by atoms with van der Waals surface area (Å²) in [6, 6.07) is 0.482. The van der Waals surface area contributed by atoms with E-state index in [1.54, 1.807) is 0 Å². The van der Waals surface area contributed by atoms with Gasteiger partial charge < -0.3 is 10.6 Å². The van der Waals surface area contributed by atoms with Gasteiger partial charge >= 0.3 is 0 Å². The maximum atomic E-state index is 6.26. The van der Waals surface area contributed by atoms with Crippen LogP contribution in [0.25, 0.3) is 0 Å². The lowest BCUT2D eigenvalue weighted by Crippen LogP contribution is -2.44. The van der Waals surface area contributed by atoms with E-state index in [2.05, 4.69) is 11.8 Å². The number of hydrogen-bond donors (Lipinski definition) is 1. The average Bonchev–Trinajstić information content (AvgIpc) is 2.33. The summed E-state index contributed by atoms with van der Waals surface area (Å²) in [5.41, 5.74) is 6.26. The van der Waals surface area contributed by atoms with Crippen molar-refractivity contribution in [1.29, 1.82) is 0 Å². The highest BCUT2D eigenvalue weighted by atomic mass is 15.1. The lowest BCUT2D eigenvalue weighted by Gasteiger charge is -2.38. The average molecular weight is 238 g/mol. The molecule has 0 amide bonds. The van der Waals surface area contributed by atoms with E-state index >= 15 is 0 Å². The fourth-order valence-electron chi connectivity index (χ4n) is 3.76. The normalized spacial score (nSPS) is 36.0. The summed E-state index contributed by atoms with van der Waals surface area (Å²) in [7, 11) is 0. The van der Waals surface area contributed by atoms with Gasteiger partial charge in [0.1, 0.15) is 0 Å². The van der Waals surface area contributed by atoms with Crippen LogP contribution in [0.5, 0.6) is 0 Å². The molecule has 1 aliphatic heterocycles. The summed E-state index contributed by atoms with van der Waals surface area (Å²) in [5.74, 6) is 1.75. The van der Waals surface area contributed by atoms with Crippen molar-refractivity contribution in [1.82, 2.24) is 4.90 Å². The lowest BCUT2D eigenvalue weighted by atomic mass is 9.84. The first-order valence-corrected chi connectivity index (χ1v) is 7.77. The Labute approximate surface area is 107 Å². The molecular formula is C15H30N2. The molecule has 17 heavy (non-hydrogen) atoms. The first-order chi connectivity index (χ1) is 8.29. The molecule has 2 heteroatoms. The van der Waals surface area contributed by atoms with Gasteiger partial charge in [0.25, 0.3) is 0 Å². The van der Waals surface area contributed by atoms with Crippen molar-refractivity contribution < 1.29 is 0 Å². The second kappa shape index (κ2) is 6.75. The molecule has 0 aromatic rings. The van der Waals surface area contributed by atoms with Crippen molar-refractivity contribution in [3.8, 4) is 0 Å². The molecule has 1 unspecified atom stereocenters. The monoisotopic (exact) mass is 238 g/mol. The van der Waals surface area contributed by atoms with Crippen LogP contribution >= 0.6 is 0 Å². The number of rotatable bonds is 4. The molecule has 0 aromatic carbocycles. The van der Waals surface area contributed by atoms with Crippen LogP contribution in [-0.4, -0.2) is 30.6 Å². The number of nitrogens with two attached hydrogens (primary N) is 1. The van der Waals surface area contributed by atoms with Crippen LogP contribution in [0.15, 0.2) is 0 Å². The molecule has 0 aromatic heterocycles. The topological polar surface area (TPSA) is 29.3 Å². The van der Waals surface area contributed by atoms with Crippen molar-refractivity contribution in [3.63, 3.8) is 0 Å². The highest BCUT2D eigenvalue weighted by Crippen LogP contribution is 2.27. The minimum atomic E-state index is 0.482. The molecule has 1 heterocycles. The Morgan fingerprint density at radius 2 is 1.94 bits per heavy atom. The Morgan fingerprint density at radius 1 is 1.12 bits per heavy atom. The number of hydrogen-bond acceptors (Lipinski definition) is 2. The molecule has 1 saturated carbocycles. The second-order valence-electron chi connectivity index (χ2n) is 6.26. The van der Waals surface area contributed by atoms with Gasteiger partial charge in [0.2, 0.25) is 0 Å². The van der Waals surface area contributed by atoms with Gasteiger partial charge in [-0.05, 0) is 50.5 Å². The maximum Gasteiger partial charge on any atom is 0.00793 e. The van der Waals surface area contributed by atoms with Gasteiger partial charge in [-0.1, -0.05) is 26.2 Å². The fourth-order valence-corrected chi connectivity index (χ4v) is 3.76. The predicted molar refractivity (Wildman–Crippen MR) is 74.0 cm³/mol. The molecule has 1 aliphatic carbocycles. The third kappa shape index (κ3) is 3.96. The molecule has 2 aliphatic rings. The van der Waals surface area contributed by atoms with Crippen LogP contribution in [0.2, 0.25) is 0 Å². The SMILES string of the molecule is CCCC1CCCN(C[C@@H]2CCCC[C@H]2N)C1. The number of likely N-dealkylation sites (tertiary alicyclic amines) is 1. The van der Waals surface area contributed by atoms with Crippen molar-refractivity contribution in [2.45, 2.75) is 64.3 Å². The Kier molecular flexibility index (Phi) is 5.30. The smallest absolute Gasteiger partial charge is 0.00793 e. The zero-order valence-corrected chi connectivity index (χ0v) is 11.5. The van der Waals surface area contributed by atoms with Gasteiger partial charge in [-0.15, -0.1) is 0 Å². The molecule has 0 bridgehead atoms. The van der Waals surface area contributed by atoms with E-state index in [4.69, 9.17) is 5.73 Å². The van der Waals surface area contributed by atoms with Gasteiger partial charge in [0.15, 0.2) is 0 Å². The summed E-state index contributed by atoms with van der Waals surface area (Å²) in [4.78, 5) is 2.71. The second-order valence-corrected chi connectivity index (χ2v) is 6.26. The Bertz CT molecular complexity index is 215. The zero-order chi connectivity index (χ0) is 12.1. The van der Waals surface area contributed by atoms with Crippen molar-refractivity contribution in [2.75, 3.05) is 19.6 Å². The Hall–Kier alpha value is -0.0800. The molecule has 2 rings (SSSR count). The molecule has 100 valence electrons. The van der Waals surface area contributed by atoms with Gasteiger partial charge in [-0.3, -0.25) is 0 Å². The molecule has 2 N–H and O–H groups in total. The van der Waals surface area contributed by atoms with Crippen LogP contribution in [-0.2, 0) is 0 Å². The van der Waals surface area contributed by atoms with Gasteiger partial charge in [0, 0.05) is 19.1 Å². The van der Waals surface area contributed by atoms with Gasteiger partial charge in [-0.2, -0.15) is 0 Å². The molecule has 0 radical (unpaired) electrons. The summed E-state index contributed by atoms with van der Waals surface area (Å²) >= 11 is 0. The van der Waals surface area contributed by atoms with E-state index in [-0.39, 0.29) is 0 Å². The predicted octanol–water partition coefficient (Wildman–Crippen LogP) is 3.02. The summed E-state index contributed by atoms with van der Waals surface area (Å²) < 4.78 is 0. The van der Waals surface area contributed by atoms with Crippen molar-refractivity contribution in [3.05, 3.63) is 0 Å². The van der Waals surface area contributed by atoms with Gasteiger partial charge in [0.05, 0.1) is 0 Å². The fraction of sp³-hybridized carbons (Fsp3) is 1.00. The highest BCUT2D eigenvalue weighted by molar-refractivity contribution is 4.82. The quantitative estimate of drug-likeness (QED) is 0.816. The highest BCUT2D eigenvalue weighted by Gasteiger charge is 2.26. The third-order valence-corrected chi connectivity index (χ3v) is 4.76. The molecule has 1 saturated heterocycles. The van der Waals surface area contributed by atoms with E-state index in [0.29, 0.717) is 6.04 Å². The molecular weight excluding hydrogens is 208 g/mol. The molecule has 3 atom stereocenters. The van der Waals surface area contributed by atoms with Crippen LogP contribution in [0, 0.1) is 11.8 Å². The first kappa shape index (κ1) is 13.4. The van der Waals surface area contributed by atoms with Gasteiger partial charge in [-0.25, -0.2) is 0 Å². The molecule has 2 fully saturated rings.